The van der Waals surface area contributed by atoms with Crippen molar-refractivity contribution in [2.75, 3.05) is 0 Å². The summed E-state index contributed by atoms with van der Waals surface area (Å²) in [5.74, 6) is -1.34. The Morgan fingerprint density at radius 2 is 2.21 bits per heavy atom. The van der Waals surface area contributed by atoms with Gasteiger partial charge in [-0.1, -0.05) is 6.07 Å². The van der Waals surface area contributed by atoms with Crippen molar-refractivity contribution in [3.05, 3.63) is 30.2 Å². The van der Waals surface area contributed by atoms with E-state index in [1.54, 1.807) is 24.4 Å². The maximum Gasteiger partial charge on any atom is 0.340 e. The van der Waals surface area contributed by atoms with Gasteiger partial charge in [-0.3, -0.25) is 4.40 Å². The lowest BCUT2D eigenvalue weighted by molar-refractivity contribution is -0.147. The van der Waals surface area contributed by atoms with E-state index in [1.807, 2.05) is 0 Å². The molecule has 0 saturated heterocycles. The van der Waals surface area contributed by atoms with Crippen molar-refractivity contribution in [3.8, 4) is 0 Å². The molecule has 0 radical (unpaired) electrons. The van der Waals surface area contributed by atoms with Crippen LogP contribution in [0.25, 0.3) is 5.65 Å². The molecule has 2 heterocycles. The monoisotopic (exact) mass is 193 g/mol. The standard InChI is InChI=1S/C8H7N3O3/c12-6(8(13)14)7-10-9-5-3-1-2-4-11(5)7/h1-4,6,12H,(H,13,14). The highest BCUT2D eigenvalue weighted by molar-refractivity contribution is 5.73. The second-order valence-corrected chi connectivity index (χ2v) is 2.73. The smallest absolute Gasteiger partial charge is 0.340 e. The van der Waals surface area contributed by atoms with Crippen LogP contribution in [-0.4, -0.2) is 30.8 Å². The minimum atomic E-state index is -1.65. The average molecular weight is 193 g/mol. The molecule has 14 heavy (non-hydrogen) atoms. The van der Waals surface area contributed by atoms with Gasteiger partial charge in [-0.05, 0) is 12.1 Å². The summed E-state index contributed by atoms with van der Waals surface area (Å²) in [5.41, 5.74) is 0.503. The Kier molecular flexibility index (Phi) is 1.90. The van der Waals surface area contributed by atoms with Gasteiger partial charge in [0.05, 0.1) is 0 Å². The lowest BCUT2D eigenvalue weighted by atomic mass is 10.3. The summed E-state index contributed by atoms with van der Waals surface area (Å²) in [4.78, 5) is 10.5. The molecule has 0 fully saturated rings. The first-order chi connectivity index (χ1) is 6.70. The van der Waals surface area contributed by atoms with E-state index >= 15 is 0 Å². The predicted octanol–water partition coefficient (Wildman–Crippen LogP) is -0.153. The molecule has 6 heteroatoms. The zero-order valence-corrected chi connectivity index (χ0v) is 7.03. The van der Waals surface area contributed by atoms with Crippen LogP contribution in [0.2, 0.25) is 0 Å². The third-order valence-corrected chi connectivity index (χ3v) is 1.82. The van der Waals surface area contributed by atoms with Gasteiger partial charge in [0, 0.05) is 6.20 Å². The SMILES string of the molecule is O=C(O)C(O)c1nnc2ccccn12. The molecule has 1 unspecified atom stereocenters. The number of pyridine rings is 1. The summed E-state index contributed by atoms with van der Waals surface area (Å²) in [6, 6.07) is 5.13. The highest BCUT2D eigenvalue weighted by Crippen LogP contribution is 2.11. The predicted molar refractivity (Wildman–Crippen MR) is 45.6 cm³/mol. The fourth-order valence-corrected chi connectivity index (χ4v) is 1.16. The van der Waals surface area contributed by atoms with Crippen LogP contribution in [0.3, 0.4) is 0 Å². The Labute approximate surface area is 78.4 Å². The molecule has 1 atom stereocenters. The van der Waals surface area contributed by atoms with Gasteiger partial charge < -0.3 is 10.2 Å². The van der Waals surface area contributed by atoms with Crippen molar-refractivity contribution in [2.45, 2.75) is 6.10 Å². The molecule has 2 N–H and O–H groups in total. The average Bonchev–Trinajstić information content (AvgIpc) is 2.60. The number of aliphatic carboxylic acids is 1. The minimum absolute atomic E-state index is 0.00750. The number of fused-ring (bicyclic) bond motifs is 1. The summed E-state index contributed by atoms with van der Waals surface area (Å²) in [5, 5.41) is 25.2. The van der Waals surface area contributed by atoms with E-state index in [9.17, 15) is 9.90 Å². The van der Waals surface area contributed by atoms with Crippen LogP contribution in [0.5, 0.6) is 0 Å². The van der Waals surface area contributed by atoms with Crippen molar-refractivity contribution in [1.82, 2.24) is 14.6 Å². The first-order valence-electron chi connectivity index (χ1n) is 3.90. The number of rotatable bonds is 2. The molecule has 2 aromatic heterocycles. The van der Waals surface area contributed by atoms with Crippen LogP contribution < -0.4 is 0 Å². The second kappa shape index (κ2) is 3.08. The normalized spacial score (nSPS) is 12.9. The lowest BCUT2D eigenvalue weighted by Gasteiger charge is -2.01. The number of carboxylic acid groups (broad SMARTS) is 1. The molecule has 0 spiro atoms. The van der Waals surface area contributed by atoms with E-state index in [1.165, 1.54) is 4.40 Å². The molecule has 6 nitrogen and oxygen atoms in total. The van der Waals surface area contributed by atoms with E-state index in [0.29, 0.717) is 5.65 Å². The second-order valence-electron chi connectivity index (χ2n) is 2.73. The molecule has 72 valence electrons. The highest BCUT2D eigenvalue weighted by Gasteiger charge is 2.21. The van der Waals surface area contributed by atoms with Crippen LogP contribution >= 0.6 is 0 Å². The maximum atomic E-state index is 10.5. The molecule has 0 aliphatic carbocycles. The molecular formula is C8H7N3O3. The van der Waals surface area contributed by atoms with Gasteiger partial charge in [0.25, 0.3) is 0 Å². The number of aliphatic hydroxyl groups excluding tert-OH is 1. The quantitative estimate of drug-likeness (QED) is 0.692. The van der Waals surface area contributed by atoms with Crippen molar-refractivity contribution >= 4 is 11.6 Å². The number of nitrogens with zero attached hydrogens (tertiary/aromatic N) is 3. The number of hydrogen-bond acceptors (Lipinski definition) is 4. The minimum Gasteiger partial charge on any atom is -0.479 e. The summed E-state index contributed by atoms with van der Waals surface area (Å²) in [6.45, 7) is 0. The Bertz CT molecular complexity index is 479. The Balaban J connectivity index is 2.58. The highest BCUT2D eigenvalue weighted by atomic mass is 16.4. The molecule has 0 aliphatic heterocycles. The van der Waals surface area contributed by atoms with Gasteiger partial charge in [0.15, 0.2) is 11.5 Å². The van der Waals surface area contributed by atoms with E-state index in [4.69, 9.17) is 5.11 Å². The molecule has 0 bridgehead atoms. The van der Waals surface area contributed by atoms with E-state index in [-0.39, 0.29) is 5.82 Å². The molecule has 0 saturated carbocycles. The molecule has 2 rings (SSSR count). The van der Waals surface area contributed by atoms with E-state index in [0.717, 1.165) is 0 Å². The van der Waals surface area contributed by atoms with Crippen LogP contribution in [0, 0.1) is 0 Å². The summed E-state index contributed by atoms with van der Waals surface area (Å²) >= 11 is 0. The fourth-order valence-electron chi connectivity index (χ4n) is 1.16. The number of carboxylic acids is 1. The Morgan fingerprint density at radius 1 is 1.43 bits per heavy atom. The van der Waals surface area contributed by atoms with Gasteiger partial charge in [-0.15, -0.1) is 10.2 Å². The van der Waals surface area contributed by atoms with E-state index < -0.39 is 12.1 Å². The van der Waals surface area contributed by atoms with Crippen LogP contribution in [0.1, 0.15) is 11.9 Å². The fraction of sp³-hybridized carbons (Fsp3) is 0.125. The number of aromatic nitrogens is 3. The van der Waals surface area contributed by atoms with Crippen molar-refractivity contribution < 1.29 is 15.0 Å². The molecule has 0 amide bonds. The van der Waals surface area contributed by atoms with Gasteiger partial charge >= 0.3 is 5.97 Å². The van der Waals surface area contributed by atoms with Gasteiger partial charge in [0.1, 0.15) is 0 Å². The van der Waals surface area contributed by atoms with Gasteiger partial charge in [0.2, 0.25) is 6.10 Å². The molecule has 0 aromatic carbocycles. The number of aliphatic hydroxyl groups is 1. The third-order valence-electron chi connectivity index (χ3n) is 1.82. The van der Waals surface area contributed by atoms with Crippen LogP contribution in [0.15, 0.2) is 24.4 Å². The molecular weight excluding hydrogens is 186 g/mol. The van der Waals surface area contributed by atoms with Gasteiger partial charge in [-0.2, -0.15) is 0 Å². The zero-order chi connectivity index (χ0) is 10.1. The van der Waals surface area contributed by atoms with E-state index in [2.05, 4.69) is 10.2 Å². The summed E-state index contributed by atoms with van der Waals surface area (Å²) in [7, 11) is 0. The number of hydrogen-bond donors (Lipinski definition) is 2. The van der Waals surface area contributed by atoms with Crippen LogP contribution in [0.4, 0.5) is 0 Å². The Morgan fingerprint density at radius 3 is 2.93 bits per heavy atom. The van der Waals surface area contributed by atoms with Crippen molar-refractivity contribution in [1.29, 1.82) is 0 Å². The number of carbonyl (C=O) groups is 1. The third kappa shape index (κ3) is 1.21. The largest absolute Gasteiger partial charge is 0.479 e. The zero-order valence-electron chi connectivity index (χ0n) is 7.03. The van der Waals surface area contributed by atoms with Crippen LogP contribution in [-0.2, 0) is 4.79 Å². The molecule has 2 aromatic rings. The van der Waals surface area contributed by atoms with Crippen molar-refractivity contribution in [3.63, 3.8) is 0 Å². The topological polar surface area (TPSA) is 87.7 Å². The van der Waals surface area contributed by atoms with Crippen molar-refractivity contribution in [2.24, 2.45) is 0 Å². The lowest BCUT2D eigenvalue weighted by Crippen LogP contribution is -2.13. The molecule has 0 aliphatic rings. The Hall–Kier alpha value is -1.95. The maximum absolute atomic E-state index is 10.5. The first kappa shape index (κ1) is 8.64. The summed E-state index contributed by atoms with van der Waals surface area (Å²) < 4.78 is 1.43. The first-order valence-corrected chi connectivity index (χ1v) is 3.90. The van der Waals surface area contributed by atoms with Gasteiger partial charge in [-0.25, -0.2) is 4.79 Å². The summed E-state index contributed by atoms with van der Waals surface area (Å²) in [6.07, 6.45) is -0.0519.